The quantitative estimate of drug-likeness (QED) is 0.202. The van der Waals surface area contributed by atoms with E-state index in [1.54, 1.807) is 34.3 Å². The number of aliphatic hydroxyl groups is 3. The van der Waals surface area contributed by atoms with E-state index < -0.39 is 103 Å². The molecule has 5 fully saturated rings. The molecule has 6 heterocycles. The standard InChI is InChI=1S/C49H76O15/c1-12-25(2)43-29(6)36(50)23-48(64-43)22-34-19-33(63-48)17-16-27(4)42(61-40-21-38(55-10)45(31(8)59-40)62-39-20-37(54-9)41(51)30(7)58-39)26(3)14-13-15-32-24-57-46-44(56-11)28(5)18-35(47(52)60-34)49(32,46)53/h13-16,18,25-26,29-31,33-46,50-51,53H,12,17,19-24H2,1-11H3/b14-13+,27-16+,32-15+/t25?,26-,29-,30-,31-,33+,34-,35-,36-,37-,38-,39-,40-,41-,42-,43+,44+,45-,46+,48-,49+/m0/s1. The fourth-order valence-electron chi connectivity index (χ4n) is 11.3. The number of hydrogen-bond donors (Lipinski definition) is 3. The van der Waals surface area contributed by atoms with Gasteiger partial charge in [-0.05, 0) is 56.8 Å². The largest absolute Gasteiger partial charge is 0.462 e. The number of carbonyl (C=O) groups excluding carboxylic acids is 1. The lowest BCUT2D eigenvalue weighted by molar-refractivity contribution is -0.354. The van der Waals surface area contributed by atoms with Crippen LogP contribution in [0, 0.1) is 23.7 Å². The van der Waals surface area contributed by atoms with Crippen molar-refractivity contribution in [3.05, 3.63) is 47.1 Å². The summed E-state index contributed by atoms with van der Waals surface area (Å²) in [5, 5.41) is 34.8. The van der Waals surface area contributed by atoms with E-state index in [-0.39, 0.29) is 49.4 Å². The number of aliphatic hydroxyl groups excluding tert-OH is 2. The molecule has 0 saturated carbocycles. The zero-order valence-electron chi connectivity index (χ0n) is 39.8. The van der Waals surface area contributed by atoms with Crippen LogP contribution in [-0.2, 0) is 56.9 Å². The average molecular weight is 905 g/mol. The van der Waals surface area contributed by atoms with Crippen LogP contribution in [0.2, 0.25) is 0 Å². The van der Waals surface area contributed by atoms with E-state index >= 15 is 0 Å². The normalized spacial score (nSPS) is 49.4. The maximum absolute atomic E-state index is 14.5. The van der Waals surface area contributed by atoms with Gasteiger partial charge in [-0.2, -0.15) is 0 Å². The van der Waals surface area contributed by atoms with Crippen LogP contribution in [0.25, 0.3) is 0 Å². The van der Waals surface area contributed by atoms with Crippen LogP contribution in [0.1, 0.15) is 100 Å². The second-order valence-corrected chi connectivity index (χ2v) is 19.7. The van der Waals surface area contributed by atoms with Crippen LogP contribution in [0.5, 0.6) is 0 Å². The number of hydrogen-bond acceptors (Lipinski definition) is 15. The minimum atomic E-state index is -1.74. The smallest absolute Gasteiger partial charge is 0.316 e. The van der Waals surface area contributed by atoms with Gasteiger partial charge >= 0.3 is 5.97 Å². The molecule has 21 atom stereocenters. The summed E-state index contributed by atoms with van der Waals surface area (Å²) < 4.78 is 69.9. The Labute approximate surface area is 379 Å². The fraction of sp³-hybridized carbons (Fsp3) is 0.816. The van der Waals surface area contributed by atoms with Crippen molar-refractivity contribution in [3.63, 3.8) is 0 Å². The molecule has 3 N–H and O–H groups in total. The van der Waals surface area contributed by atoms with E-state index in [0.29, 0.717) is 31.3 Å². The lowest BCUT2D eigenvalue weighted by Gasteiger charge is -2.52. The first-order valence-electron chi connectivity index (χ1n) is 23.6. The molecule has 2 bridgehead atoms. The Morgan fingerprint density at radius 1 is 0.859 bits per heavy atom. The zero-order valence-corrected chi connectivity index (χ0v) is 39.8. The molecule has 64 heavy (non-hydrogen) atoms. The van der Waals surface area contributed by atoms with Gasteiger partial charge in [0.15, 0.2) is 18.4 Å². The molecule has 7 aliphatic rings. The van der Waals surface area contributed by atoms with E-state index in [4.69, 9.17) is 52.1 Å². The first-order chi connectivity index (χ1) is 30.4. The maximum atomic E-state index is 14.5. The minimum absolute atomic E-state index is 0.0971. The molecular weight excluding hydrogens is 829 g/mol. The predicted octanol–water partition coefficient (Wildman–Crippen LogP) is 5.23. The van der Waals surface area contributed by atoms with Gasteiger partial charge in [-0.1, -0.05) is 64.5 Å². The van der Waals surface area contributed by atoms with Crippen molar-refractivity contribution in [3.8, 4) is 0 Å². The molecule has 15 heteroatoms. The first kappa shape index (κ1) is 49.8. The van der Waals surface area contributed by atoms with Crippen molar-refractivity contribution in [2.45, 2.75) is 204 Å². The third-order valence-corrected chi connectivity index (χ3v) is 15.3. The van der Waals surface area contributed by atoms with Crippen molar-refractivity contribution >= 4 is 5.97 Å². The van der Waals surface area contributed by atoms with Crippen LogP contribution in [-0.4, -0.2) is 153 Å². The Morgan fingerprint density at radius 2 is 1.56 bits per heavy atom. The summed E-state index contributed by atoms with van der Waals surface area (Å²) in [6, 6.07) is 0. The summed E-state index contributed by atoms with van der Waals surface area (Å²) in [5.41, 5.74) is 0.516. The monoisotopic (exact) mass is 905 g/mol. The summed E-state index contributed by atoms with van der Waals surface area (Å²) in [4.78, 5) is 14.5. The van der Waals surface area contributed by atoms with Crippen LogP contribution < -0.4 is 0 Å². The van der Waals surface area contributed by atoms with E-state index in [1.165, 1.54) is 0 Å². The van der Waals surface area contributed by atoms with E-state index in [0.717, 1.165) is 17.6 Å². The summed E-state index contributed by atoms with van der Waals surface area (Å²) >= 11 is 0. The zero-order chi connectivity index (χ0) is 46.2. The van der Waals surface area contributed by atoms with E-state index in [2.05, 4.69) is 26.8 Å². The number of carbonyl (C=O) groups is 1. The highest BCUT2D eigenvalue weighted by molar-refractivity contribution is 5.78. The summed E-state index contributed by atoms with van der Waals surface area (Å²) in [6.07, 6.45) is 4.40. The van der Waals surface area contributed by atoms with Crippen LogP contribution in [0.3, 0.4) is 0 Å². The Bertz CT molecular complexity index is 1730. The molecule has 6 aliphatic heterocycles. The molecule has 1 spiro atoms. The van der Waals surface area contributed by atoms with Crippen molar-refractivity contribution in [1.82, 2.24) is 0 Å². The second kappa shape index (κ2) is 20.6. The van der Waals surface area contributed by atoms with Gasteiger partial charge in [-0.3, -0.25) is 4.79 Å². The van der Waals surface area contributed by atoms with E-state index in [1.807, 2.05) is 45.9 Å². The number of ether oxygens (including phenoxy) is 11. The molecule has 1 unspecified atom stereocenters. The lowest BCUT2D eigenvalue weighted by atomic mass is 9.70. The number of fused-ring (bicyclic) bond motifs is 2. The molecule has 0 amide bonds. The van der Waals surface area contributed by atoms with E-state index in [9.17, 15) is 20.1 Å². The van der Waals surface area contributed by atoms with Crippen LogP contribution in [0.4, 0.5) is 0 Å². The van der Waals surface area contributed by atoms with Gasteiger partial charge < -0.3 is 67.4 Å². The van der Waals surface area contributed by atoms with Crippen molar-refractivity contribution in [2.75, 3.05) is 27.9 Å². The SMILES string of the molecule is CCC(C)[C@H]1O[C@@]2(C[C@@H]3C[C@@H](C/C=C(\C)[C@@H](O[C@H]4C[C@H](OC)[C@@H](O[C@H]5C[C@H](OC)[C@@H](O)[C@H](C)O5)[C@H](C)O4)[C@@H](C)/C=C/C=C4\CO[C@@H]5[C@H](OC)C(C)=C[C@@H](C(=O)O3)[C@]45O)O2)C[C@H](O)[C@@H]1C. The molecule has 0 aromatic rings. The summed E-state index contributed by atoms with van der Waals surface area (Å²) in [6.45, 7) is 16.1. The molecular formula is C49H76O15. The second-order valence-electron chi connectivity index (χ2n) is 19.7. The molecule has 0 radical (unpaired) electrons. The molecule has 0 aromatic carbocycles. The van der Waals surface area contributed by atoms with Crippen molar-refractivity contribution in [2.24, 2.45) is 23.7 Å². The first-order valence-corrected chi connectivity index (χ1v) is 23.6. The third kappa shape index (κ3) is 10.0. The van der Waals surface area contributed by atoms with Gasteiger partial charge in [-0.15, -0.1) is 0 Å². The predicted molar refractivity (Wildman–Crippen MR) is 234 cm³/mol. The van der Waals surface area contributed by atoms with Gasteiger partial charge in [0, 0.05) is 65.3 Å². The van der Waals surface area contributed by atoms with Crippen LogP contribution in [0.15, 0.2) is 47.1 Å². The van der Waals surface area contributed by atoms with Gasteiger partial charge in [0.2, 0.25) is 0 Å². The van der Waals surface area contributed by atoms with Gasteiger partial charge in [0.25, 0.3) is 0 Å². The molecule has 7 rings (SSSR count). The van der Waals surface area contributed by atoms with Gasteiger partial charge in [0.05, 0.1) is 55.4 Å². The summed E-state index contributed by atoms with van der Waals surface area (Å²) in [5.74, 6) is -2.98. The molecule has 5 saturated heterocycles. The number of methoxy groups -OCH3 is 3. The average Bonchev–Trinajstić information content (AvgIpc) is 3.59. The topological polar surface area (TPSA) is 179 Å². The number of esters is 1. The minimum Gasteiger partial charge on any atom is -0.462 e. The molecule has 362 valence electrons. The molecule has 1 aliphatic carbocycles. The lowest BCUT2D eigenvalue weighted by Crippen LogP contribution is -2.60. The Hall–Kier alpha value is -2.09. The van der Waals surface area contributed by atoms with Gasteiger partial charge in [-0.25, -0.2) is 0 Å². The number of rotatable bonds is 9. The third-order valence-electron chi connectivity index (χ3n) is 15.3. The Kier molecular flexibility index (Phi) is 16.1. The maximum Gasteiger partial charge on any atom is 0.316 e. The number of allylic oxidation sites excluding steroid dienone is 2. The molecule has 0 aromatic heterocycles. The van der Waals surface area contributed by atoms with Crippen LogP contribution >= 0.6 is 0 Å². The van der Waals surface area contributed by atoms with Gasteiger partial charge in [0.1, 0.15) is 42.0 Å². The van der Waals surface area contributed by atoms with Crippen molar-refractivity contribution < 1.29 is 72.2 Å². The molecule has 15 nitrogen and oxygen atoms in total. The highest BCUT2D eigenvalue weighted by Gasteiger charge is 2.61. The highest BCUT2D eigenvalue weighted by atomic mass is 16.7. The Morgan fingerprint density at radius 3 is 2.27 bits per heavy atom. The Balaban J connectivity index is 1.20. The summed E-state index contributed by atoms with van der Waals surface area (Å²) in [7, 11) is 4.79. The fourth-order valence-corrected chi connectivity index (χ4v) is 11.3. The highest BCUT2D eigenvalue weighted by Crippen LogP contribution is 2.48. The van der Waals surface area contributed by atoms with Crippen molar-refractivity contribution in [1.29, 1.82) is 0 Å².